The summed E-state index contributed by atoms with van der Waals surface area (Å²) >= 11 is 12.1. The van der Waals surface area contributed by atoms with E-state index in [4.69, 9.17) is 23.2 Å². The topological polar surface area (TPSA) is 56.8 Å². The summed E-state index contributed by atoms with van der Waals surface area (Å²) in [6.45, 7) is 5.18. The molecule has 2 amide bonds. The average Bonchev–Trinajstić information content (AvgIpc) is 2.84. The molecule has 1 fully saturated rings. The average molecular weight is 505 g/mol. The zero-order chi connectivity index (χ0) is 24.5. The van der Waals surface area contributed by atoms with E-state index in [-0.39, 0.29) is 11.8 Å². The van der Waals surface area contributed by atoms with E-state index >= 15 is 0 Å². The number of amides is 2. The molecule has 0 unspecified atom stereocenters. The summed E-state index contributed by atoms with van der Waals surface area (Å²) in [5, 5.41) is 1.08. The number of aryl methyl sites for hydroxylation is 1. The van der Waals surface area contributed by atoms with E-state index in [9.17, 15) is 9.59 Å². The molecule has 184 valence electrons. The second kappa shape index (κ2) is 13.1. The maximum absolute atomic E-state index is 13.1. The lowest BCUT2D eigenvalue weighted by Gasteiger charge is -2.36. The third-order valence-electron chi connectivity index (χ3n) is 6.56. The number of anilines is 1. The van der Waals surface area contributed by atoms with Gasteiger partial charge < -0.3 is 14.7 Å². The van der Waals surface area contributed by atoms with Crippen LogP contribution in [0.25, 0.3) is 0 Å². The molecule has 6 nitrogen and oxygen atoms in total. The molecule has 2 heterocycles. The van der Waals surface area contributed by atoms with Gasteiger partial charge in [0.15, 0.2) is 0 Å². The molecule has 1 aliphatic rings. The standard InChI is InChI=1S/C26H34Cl2N4O2/c1-20(33)30(2)22-11-16-31(17-12-22)14-5-15-32(23-7-4-13-29-19-23)26(34)8-3-6-21-9-10-24(27)25(28)18-21/h4,7,9-10,13,18-19,22H,3,5-6,8,11-12,14-17H2,1-2H3. The van der Waals surface area contributed by atoms with E-state index in [0.29, 0.717) is 29.1 Å². The molecule has 0 aliphatic carbocycles. The van der Waals surface area contributed by atoms with Crippen LogP contribution < -0.4 is 4.90 Å². The molecule has 1 aromatic heterocycles. The highest BCUT2D eigenvalue weighted by Gasteiger charge is 2.24. The van der Waals surface area contributed by atoms with Crippen molar-refractivity contribution in [2.75, 3.05) is 38.1 Å². The highest BCUT2D eigenvalue weighted by Crippen LogP contribution is 2.24. The van der Waals surface area contributed by atoms with Crippen LogP contribution in [0.3, 0.4) is 0 Å². The van der Waals surface area contributed by atoms with Crippen molar-refractivity contribution in [3.05, 3.63) is 58.3 Å². The van der Waals surface area contributed by atoms with Gasteiger partial charge in [-0.25, -0.2) is 0 Å². The molecule has 0 saturated carbocycles. The molecular weight excluding hydrogens is 471 g/mol. The molecule has 34 heavy (non-hydrogen) atoms. The number of benzene rings is 1. The van der Waals surface area contributed by atoms with Crippen LogP contribution in [0.4, 0.5) is 5.69 Å². The predicted molar refractivity (Wildman–Crippen MR) is 139 cm³/mol. The summed E-state index contributed by atoms with van der Waals surface area (Å²) in [5.41, 5.74) is 1.91. The highest BCUT2D eigenvalue weighted by atomic mass is 35.5. The largest absolute Gasteiger partial charge is 0.343 e. The summed E-state index contributed by atoms with van der Waals surface area (Å²) in [6, 6.07) is 9.75. The van der Waals surface area contributed by atoms with Gasteiger partial charge in [-0.2, -0.15) is 0 Å². The Morgan fingerprint density at radius 3 is 2.53 bits per heavy atom. The molecule has 3 rings (SSSR count). The van der Waals surface area contributed by atoms with E-state index in [1.54, 1.807) is 25.4 Å². The Morgan fingerprint density at radius 2 is 1.88 bits per heavy atom. The van der Waals surface area contributed by atoms with Gasteiger partial charge in [0.1, 0.15) is 0 Å². The smallest absolute Gasteiger partial charge is 0.227 e. The van der Waals surface area contributed by atoms with Crippen LogP contribution in [-0.2, 0) is 16.0 Å². The summed E-state index contributed by atoms with van der Waals surface area (Å²) in [7, 11) is 1.89. The lowest BCUT2D eigenvalue weighted by atomic mass is 10.0. The van der Waals surface area contributed by atoms with E-state index in [0.717, 1.165) is 63.0 Å². The fourth-order valence-electron chi connectivity index (χ4n) is 4.42. The Bertz CT molecular complexity index is 949. The Hall–Kier alpha value is -2.15. The predicted octanol–water partition coefficient (Wildman–Crippen LogP) is 5.08. The molecule has 2 aromatic rings. The first-order chi connectivity index (χ1) is 16.3. The van der Waals surface area contributed by atoms with Gasteiger partial charge >= 0.3 is 0 Å². The third-order valence-corrected chi connectivity index (χ3v) is 7.30. The van der Waals surface area contributed by atoms with Gasteiger partial charge in [-0.05, 0) is 68.5 Å². The monoisotopic (exact) mass is 504 g/mol. The van der Waals surface area contributed by atoms with Crippen molar-refractivity contribution in [1.82, 2.24) is 14.8 Å². The number of piperidine rings is 1. The quantitative estimate of drug-likeness (QED) is 0.452. The van der Waals surface area contributed by atoms with Crippen LogP contribution in [0.2, 0.25) is 10.0 Å². The number of hydrogen-bond acceptors (Lipinski definition) is 4. The number of carbonyl (C=O) groups is 2. The van der Waals surface area contributed by atoms with Crippen LogP contribution in [0.15, 0.2) is 42.7 Å². The van der Waals surface area contributed by atoms with Crippen molar-refractivity contribution >= 4 is 40.7 Å². The number of hydrogen-bond donors (Lipinski definition) is 0. The van der Waals surface area contributed by atoms with Crippen LogP contribution >= 0.6 is 23.2 Å². The van der Waals surface area contributed by atoms with Crippen molar-refractivity contribution in [3.8, 4) is 0 Å². The molecular formula is C26H34Cl2N4O2. The van der Waals surface area contributed by atoms with Crippen molar-refractivity contribution in [2.45, 2.75) is 51.5 Å². The SMILES string of the molecule is CC(=O)N(C)C1CCN(CCCN(C(=O)CCCc2ccc(Cl)c(Cl)c2)c2cccnc2)CC1. The minimum absolute atomic E-state index is 0.106. The molecule has 0 radical (unpaired) electrons. The molecule has 1 saturated heterocycles. The van der Waals surface area contributed by atoms with Gasteiger partial charge in [-0.3, -0.25) is 14.6 Å². The summed E-state index contributed by atoms with van der Waals surface area (Å²) < 4.78 is 0. The Balaban J connectivity index is 1.49. The number of nitrogens with zero attached hydrogens (tertiary/aromatic N) is 4. The first kappa shape index (κ1) is 26.5. The van der Waals surface area contributed by atoms with Crippen LogP contribution in [0, 0.1) is 0 Å². The number of aromatic nitrogens is 1. The molecule has 8 heteroatoms. The number of pyridine rings is 1. The van der Waals surface area contributed by atoms with E-state index in [1.165, 1.54) is 0 Å². The Morgan fingerprint density at radius 1 is 1.12 bits per heavy atom. The van der Waals surface area contributed by atoms with E-state index < -0.39 is 0 Å². The van der Waals surface area contributed by atoms with Gasteiger partial charge in [0.05, 0.1) is 21.9 Å². The number of carbonyl (C=O) groups excluding carboxylic acids is 2. The minimum atomic E-state index is 0.106. The molecule has 1 aromatic carbocycles. The maximum atomic E-state index is 13.1. The first-order valence-electron chi connectivity index (χ1n) is 11.9. The van der Waals surface area contributed by atoms with Crippen molar-refractivity contribution < 1.29 is 9.59 Å². The molecule has 0 spiro atoms. The summed E-state index contributed by atoms with van der Waals surface area (Å²) in [5.74, 6) is 0.234. The van der Waals surface area contributed by atoms with Gasteiger partial charge in [0, 0.05) is 52.3 Å². The number of rotatable bonds is 10. The van der Waals surface area contributed by atoms with Crippen molar-refractivity contribution in [3.63, 3.8) is 0 Å². The summed E-state index contributed by atoms with van der Waals surface area (Å²) in [4.78, 5) is 35.1. The van der Waals surface area contributed by atoms with E-state index in [2.05, 4.69) is 9.88 Å². The first-order valence-corrected chi connectivity index (χ1v) is 12.7. The van der Waals surface area contributed by atoms with Crippen LogP contribution in [0.1, 0.15) is 44.6 Å². The van der Waals surface area contributed by atoms with Gasteiger partial charge in [0.2, 0.25) is 11.8 Å². The molecule has 0 N–H and O–H groups in total. The maximum Gasteiger partial charge on any atom is 0.227 e. The normalized spacial score (nSPS) is 14.7. The van der Waals surface area contributed by atoms with Gasteiger partial charge in [-0.15, -0.1) is 0 Å². The van der Waals surface area contributed by atoms with Gasteiger partial charge in [-0.1, -0.05) is 29.3 Å². The molecule has 1 aliphatic heterocycles. The summed E-state index contributed by atoms with van der Waals surface area (Å²) in [6.07, 6.45) is 8.32. The zero-order valence-corrected chi connectivity index (χ0v) is 21.6. The highest BCUT2D eigenvalue weighted by molar-refractivity contribution is 6.42. The second-order valence-corrected chi connectivity index (χ2v) is 9.73. The van der Waals surface area contributed by atoms with E-state index in [1.807, 2.05) is 41.1 Å². The number of likely N-dealkylation sites (tertiary alicyclic amines) is 1. The fourth-order valence-corrected chi connectivity index (χ4v) is 4.75. The minimum Gasteiger partial charge on any atom is -0.343 e. The fraction of sp³-hybridized carbons (Fsp3) is 0.500. The van der Waals surface area contributed by atoms with Crippen LogP contribution in [0.5, 0.6) is 0 Å². The molecule has 0 bridgehead atoms. The molecule has 0 atom stereocenters. The van der Waals surface area contributed by atoms with Crippen LogP contribution in [-0.4, -0.2) is 65.9 Å². The number of halogens is 2. The zero-order valence-electron chi connectivity index (χ0n) is 20.1. The van der Waals surface area contributed by atoms with Crippen molar-refractivity contribution in [2.24, 2.45) is 0 Å². The lowest BCUT2D eigenvalue weighted by Crippen LogP contribution is -2.45. The second-order valence-electron chi connectivity index (χ2n) is 8.91. The third kappa shape index (κ3) is 7.69. The van der Waals surface area contributed by atoms with Gasteiger partial charge in [0.25, 0.3) is 0 Å². The Labute approximate surface area is 212 Å². The Kier molecular flexibility index (Phi) is 10.2. The van der Waals surface area contributed by atoms with Crippen molar-refractivity contribution in [1.29, 1.82) is 0 Å². The lowest BCUT2D eigenvalue weighted by molar-refractivity contribution is -0.130.